The molecule has 128 valence electrons. The van der Waals surface area contributed by atoms with E-state index in [4.69, 9.17) is 4.74 Å². The van der Waals surface area contributed by atoms with E-state index in [0.717, 1.165) is 38.3 Å². The molecule has 2 aromatic heterocycles. The third-order valence-electron chi connectivity index (χ3n) is 4.63. The van der Waals surface area contributed by atoms with Crippen molar-refractivity contribution in [3.8, 4) is 0 Å². The predicted octanol–water partition coefficient (Wildman–Crippen LogP) is 3.52. The number of aromatic nitrogens is 1. The number of H-pyrrole nitrogens is 1. The summed E-state index contributed by atoms with van der Waals surface area (Å²) in [6.07, 6.45) is 0.785. The fourth-order valence-corrected chi connectivity index (χ4v) is 4.17. The van der Waals surface area contributed by atoms with E-state index in [9.17, 15) is 9.59 Å². The van der Waals surface area contributed by atoms with Crippen LogP contribution >= 0.6 is 11.3 Å². The first-order valence-electron chi connectivity index (χ1n) is 8.14. The molecule has 0 atom stereocenters. The number of nitrogens with zero attached hydrogens (tertiary/aromatic N) is 1. The van der Waals surface area contributed by atoms with Gasteiger partial charge in [0, 0.05) is 46.5 Å². The fourth-order valence-electron chi connectivity index (χ4n) is 3.34. The Bertz CT molecular complexity index is 986. The third kappa shape index (κ3) is 2.72. The van der Waals surface area contributed by atoms with Crippen molar-refractivity contribution in [3.05, 3.63) is 56.9 Å². The van der Waals surface area contributed by atoms with Gasteiger partial charge < -0.3 is 14.6 Å². The van der Waals surface area contributed by atoms with Crippen LogP contribution < -0.4 is 0 Å². The van der Waals surface area contributed by atoms with Crippen LogP contribution in [0.25, 0.3) is 10.9 Å². The summed E-state index contributed by atoms with van der Waals surface area (Å²) < 4.78 is 4.81. The lowest BCUT2D eigenvalue weighted by Crippen LogP contribution is -2.35. The molecule has 1 aromatic carbocycles. The average molecular weight is 354 g/mol. The van der Waals surface area contributed by atoms with Crippen molar-refractivity contribution in [2.75, 3.05) is 13.7 Å². The quantitative estimate of drug-likeness (QED) is 0.716. The van der Waals surface area contributed by atoms with Crippen LogP contribution in [0.3, 0.4) is 0 Å². The zero-order chi connectivity index (χ0) is 17.6. The van der Waals surface area contributed by atoms with Gasteiger partial charge in [0.2, 0.25) is 0 Å². The Morgan fingerprint density at radius 1 is 1.24 bits per heavy atom. The van der Waals surface area contributed by atoms with Crippen LogP contribution in [0.5, 0.6) is 0 Å². The van der Waals surface area contributed by atoms with Gasteiger partial charge >= 0.3 is 5.97 Å². The van der Waals surface area contributed by atoms with Gasteiger partial charge in [-0.15, -0.1) is 11.3 Å². The Balaban J connectivity index is 1.69. The number of fused-ring (bicyclic) bond motifs is 3. The standard InChI is InChI=1S/C19H18N2O3S/c1-11-3-6-17(25-11)18(22)21-8-7-16-14(10-21)13-9-12(19(23)24-2)4-5-15(13)20-16/h3-6,9,20H,7-8,10H2,1-2H3. The summed E-state index contributed by atoms with van der Waals surface area (Å²) in [6.45, 7) is 3.25. The zero-order valence-corrected chi connectivity index (χ0v) is 14.9. The largest absolute Gasteiger partial charge is 0.465 e. The molecule has 0 unspecified atom stereocenters. The molecule has 0 saturated carbocycles. The van der Waals surface area contributed by atoms with E-state index in [1.807, 2.05) is 36.1 Å². The molecule has 0 spiro atoms. The van der Waals surface area contributed by atoms with Crippen LogP contribution in [0.15, 0.2) is 30.3 Å². The summed E-state index contributed by atoms with van der Waals surface area (Å²) >= 11 is 1.53. The molecule has 1 N–H and O–H groups in total. The Hall–Kier alpha value is -2.60. The summed E-state index contributed by atoms with van der Waals surface area (Å²) in [6, 6.07) is 9.37. The number of aromatic amines is 1. The Morgan fingerprint density at radius 3 is 2.80 bits per heavy atom. The van der Waals surface area contributed by atoms with Crippen LogP contribution in [-0.2, 0) is 17.7 Å². The van der Waals surface area contributed by atoms with E-state index in [1.54, 1.807) is 6.07 Å². The summed E-state index contributed by atoms with van der Waals surface area (Å²) in [5, 5.41) is 0.984. The molecule has 0 bridgehead atoms. The van der Waals surface area contributed by atoms with Crippen LogP contribution in [0.4, 0.5) is 0 Å². The number of ether oxygens (including phenoxy) is 1. The highest BCUT2D eigenvalue weighted by Crippen LogP contribution is 2.30. The van der Waals surface area contributed by atoms with Gasteiger partial charge in [-0.1, -0.05) is 0 Å². The van der Waals surface area contributed by atoms with Crippen LogP contribution in [0.2, 0.25) is 0 Å². The molecule has 25 heavy (non-hydrogen) atoms. The lowest BCUT2D eigenvalue weighted by atomic mass is 10.0. The normalized spacial score (nSPS) is 13.8. The van der Waals surface area contributed by atoms with Gasteiger partial charge in [0.05, 0.1) is 17.6 Å². The summed E-state index contributed by atoms with van der Waals surface area (Å²) in [4.78, 5) is 31.8. The highest BCUT2D eigenvalue weighted by molar-refractivity contribution is 7.13. The first kappa shape index (κ1) is 15.9. The monoisotopic (exact) mass is 354 g/mol. The van der Waals surface area contributed by atoms with Gasteiger partial charge in [-0.05, 0) is 37.3 Å². The van der Waals surface area contributed by atoms with Crippen molar-refractivity contribution in [1.29, 1.82) is 0 Å². The number of rotatable bonds is 2. The van der Waals surface area contributed by atoms with E-state index >= 15 is 0 Å². The van der Waals surface area contributed by atoms with Gasteiger partial charge in [0.1, 0.15) is 0 Å². The number of hydrogen-bond acceptors (Lipinski definition) is 4. The minimum Gasteiger partial charge on any atom is -0.465 e. The number of benzene rings is 1. The second-order valence-corrected chi connectivity index (χ2v) is 7.51. The Kier molecular flexibility index (Phi) is 3.84. The number of aryl methyl sites for hydroxylation is 1. The Labute approximate surface area is 149 Å². The van der Waals surface area contributed by atoms with Gasteiger partial charge in [0.25, 0.3) is 5.91 Å². The molecule has 0 aliphatic carbocycles. The van der Waals surface area contributed by atoms with E-state index < -0.39 is 0 Å². The van der Waals surface area contributed by atoms with Gasteiger partial charge in [-0.25, -0.2) is 4.79 Å². The summed E-state index contributed by atoms with van der Waals surface area (Å²) in [5.41, 5.74) is 3.74. The number of thiophene rings is 1. The molecule has 1 amide bonds. The van der Waals surface area contributed by atoms with Crippen molar-refractivity contribution < 1.29 is 14.3 Å². The molecule has 6 heteroatoms. The maximum Gasteiger partial charge on any atom is 0.337 e. The topological polar surface area (TPSA) is 62.4 Å². The maximum absolute atomic E-state index is 12.8. The van der Waals surface area contributed by atoms with Gasteiger partial charge in [-0.3, -0.25) is 4.79 Å². The second-order valence-electron chi connectivity index (χ2n) is 6.22. The SMILES string of the molecule is COC(=O)c1ccc2[nH]c3c(c2c1)CN(C(=O)c1ccc(C)s1)CC3. The molecule has 0 fully saturated rings. The molecular formula is C19H18N2O3S. The molecule has 1 aliphatic rings. The lowest BCUT2D eigenvalue weighted by molar-refractivity contribution is 0.0600. The third-order valence-corrected chi connectivity index (χ3v) is 5.62. The van der Waals surface area contributed by atoms with E-state index in [-0.39, 0.29) is 11.9 Å². The number of amides is 1. The first-order chi connectivity index (χ1) is 12.1. The van der Waals surface area contributed by atoms with E-state index in [0.29, 0.717) is 18.7 Å². The average Bonchev–Trinajstić information content (AvgIpc) is 3.22. The minimum absolute atomic E-state index is 0.0715. The van der Waals surface area contributed by atoms with E-state index in [2.05, 4.69) is 4.98 Å². The smallest absolute Gasteiger partial charge is 0.337 e. The highest BCUT2D eigenvalue weighted by atomic mass is 32.1. The van der Waals surface area contributed by atoms with Crippen molar-refractivity contribution in [2.24, 2.45) is 0 Å². The van der Waals surface area contributed by atoms with Crippen LogP contribution in [0.1, 0.15) is 36.2 Å². The molecule has 0 radical (unpaired) electrons. The predicted molar refractivity (Wildman–Crippen MR) is 97.1 cm³/mol. The van der Waals surface area contributed by atoms with Crippen molar-refractivity contribution in [1.82, 2.24) is 9.88 Å². The molecular weight excluding hydrogens is 336 g/mol. The van der Waals surface area contributed by atoms with Crippen molar-refractivity contribution in [3.63, 3.8) is 0 Å². The molecule has 5 nitrogen and oxygen atoms in total. The number of methoxy groups -OCH3 is 1. The second kappa shape index (κ2) is 6.04. The number of hydrogen-bond donors (Lipinski definition) is 1. The number of esters is 1. The van der Waals surface area contributed by atoms with Crippen molar-refractivity contribution >= 4 is 34.1 Å². The fraction of sp³-hybridized carbons (Fsp3) is 0.263. The zero-order valence-electron chi connectivity index (χ0n) is 14.1. The number of carbonyl (C=O) groups is 2. The molecule has 0 saturated heterocycles. The van der Waals surface area contributed by atoms with Gasteiger partial charge in [0.15, 0.2) is 0 Å². The van der Waals surface area contributed by atoms with Crippen LogP contribution in [0, 0.1) is 6.92 Å². The summed E-state index contributed by atoms with van der Waals surface area (Å²) in [7, 11) is 1.38. The molecule has 3 heterocycles. The van der Waals surface area contributed by atoms with Gasteiger partial charge in [-0.2, -0.15) is 0 Å². The van der Waals surface area contributed by atoms with Crippen LogP contribution in [-0.4, -0.2) is 35.4 Å². The first-order valence-corrected chi connectivity index (χ1v) is 8.96. The Morgan fingerprint density at radius 2 is 2.08 bits per heavy atom. The minimum atomic E-state index is -0.352. The summed E-state index contributed by atoms with van der Waals surface area (Å²) in [5.74, 6) is -0.281. The molecule has 3 aromatic rings. The number of carbonyl (C=O) groups excluding carboxylic acids is 2. The molecule has 4 rings (SSSR count). The highest BCUT2D eigenvalue weighted by Gasteiger charge is 2.26. The lowest BCUT2D eigenvalue weighted by Gasteiger charge is -2.26. The van der Waals surface area contributed by atoms with Crippen molar-refractivity contribution in [2.45, 2.75) is 19.9 Å². The molecule has 1 aliphatic heterocycles. The number of nitrogens with one attached hydrogen (secondary N) is 1. The van der Waals surface area contributed by atoms with E-state index in [1.165, 1.54) is 18.4 Å². The maximum atomic E-state index is 12.8.